The summed E-state index contributed by atoms with van der Waals surface area (Å²) >= 11 is 0. The van der Waals surface area contributed by atoms with E-state index in [1.54, 1.807) is 6.07 Å². The molecule has 0 unspecified atom stereocenters. The van der Waals surface area contributed by atoms with Gasteiger partial charge < -0.3 is 15.2 Å². The van der Waals surface area contributed by atoms with E-state index in [9.17, 15) is 0 Å². The highest BCUT2D eigenvalue weighted by Gasteiger charge is 2.12. The van der Waals surface area contributed by atoms with Gasteiger partial charge in [0.15, 0.2) is 0 Å². The third kappa shape index (κ3) is 3.18. The van der Waals surface area contributed by atoms with E-state index in [1.807, 2.05) is 6.07 Å². The molecule has 1 saturated heterocycles. The Morgan fingerprint density at radius 2 is 2.20 bits per heavy atom. The largest absolute Gasteiger partial charge is 0.506 e. The van der Waals surface area contributed by atoms with Gasteiger partial charge in [-0.15, -0.1) is 0 Å². The molecule has 0 bridgehead atoms. The van der Waals surface area contributed by atoms with Gasteiger partial charge in [0.1, 0.15) is 5.75 Å². The van der Waals surface area contributed by atoms with E-state index in [2.05, 4.69) is 10.3 Å². The van der Waals surface area contributed by atoms with Gasteiger partial charge in [-0.3, -0.25) is 4.98 Å². The normalized spacial score (nSPS) is 17.9. The Balaban J connectivity index is 1.79. The molecule has 15 heavy (non-hydrogen) atoms. The van der Waals surface area contributed by atoms with E-state index < -0.39 is 0 Å². The zero-order chi connectivity index (χ0) is 10.5. The van der Waals surface area contributed by atoms with Gasteiger partial charge in [0, 0.05) is 25.8 Å². The molecule has 4 nitrogen and oxygen atoms in total. The Bertz CT molecular complexity index is 294. The molecular formula is C11H16N2O2. The molecule has 0 saturated carbocycles. The molecule has 2 heterocycles. The molecule has 0 aromatic carbocycles. The van der Waals surface area contributed by atoms with Crippen LogP contribution in [0.25, 0.3) is 0 Å². The molecular weight excluding hydrogens is 192 g/mol. The highest BCUT2D eigenvalue weighted by molar-refractivity contribution is 5.17. The van der Waals surface area contributed by atoms with Crippen LogP contribution in [-0.2, 0) is 11.3 Å². The first kappa shape index (κ1) is 10.4. The van der Waals surface area contributed by atoms with Gasteiger partial charge >= 0.3 is 0 Å². The smallest absolute Gasteiger partial charge is 0.133 e. The van der Waals surface area contributed by atoms with Crippen molar-refractivity contribution in [2.45, 2.75) is 25.4 Å². The first-order valence-corrected chi connectivity index (χ1v) is 5.29. The van der Waals surface area contributed by atoms with Crippen molar-refractivity contribution in [3.05, 3.63) is 24.0 Å². The molecule has 4 heteroatoms. The number of nitrogens with one attached hydrogen (secondary N) is 1. The molecule has 82 valence electrons. The van der Waals surface area contributed by atoms with E-state index in [0.717, 1.165) is 38.3 Å². The average molecular weight is 208 g/mol. The molecule has 1 aliphatic rings. The van der Waals surface area contributed by atoms with Crippen molar-refractivity contribution in [1.82, 2.24) is 10.3 Å². The van der Waals surface area contributed by atoms with Gasteiger partial charge in [-0.05, 0) is 25.0 Å². The molecule has 0 atom stereocenters. The first-order chi connectivity index (χ1) is 7.34. The van der Waals surface area contributed by atoms with Crippen LogP contribution in [0.5, 0.6) is 5.75 Å². The number of pyridine rings is 1. The number of rotatable bonds is 3. The summed E-state index contributed by atoms with van der Waals surface area (Å²) in [5, 5.41) is 12.5. The fourth-order valence-corrected chi connectivity index (χ4v) is 1.67. The Labute approximate surface area is 89.3 Å². The SMILES string of the molecule is Oc1ccc(CNC2CCOCC2)nc1. The van der Waals surface area contributed by atoms with E-state index in [0.29, 0.717) is 6.04 Å². The summed E-state index contributed by atoms with van der Waals surface area (Å²) in [5.41, 5.74) is 0.958. The van der Waals surface area contributed by atoms with Crippen LogP contribution in [0.1, 0.15) is 18.5 Å². The minimum Gasteiger partial charge on any atom is -0.506 e. The zero-order valence-electron chi connectivity index (χ0n) is 8.65. The zero-order valence-corrected chi connectivity index (χ0v) is 8.65. The minimum absolute atomic E-state index is 0.213. The molecule has 1 fully saturated rings. The Kier molecular flexibility index (Phi) is 3.53. The van der Waals surface area contributed by atoms with Crippen LogP contribution < -0.4 is 5.32 Å². The van der Waals surface area contributed by atoms with Crippen LogP contribution in [0, 0.1) is 0 Å². The Morgan fingerprint density at radius 1 is 1.40 bits per heavy atom. The fraction of sp³-hybridized carbons (Fsp3) is 0.545. The van der Waals surface area contributed by atoms with Gasteiger partial charge in [0.25, 0.3) is 0 Å². The third-order valence-electron chi connectivity index (χ3n) is 2.60. The highest BCUT2D eigenvalue weighted by Crippen LogP contribution is 2.09. The van der Waals surface area contributed by atoms with E-state index in [-0.39, 0.29) is 5.75 Å². The first-order valence-electron chi connectivity index (χ1n) is 5.29. The van der Waals surface area contributed by atoms with Gasteiger partial charge in [-0.1, -0.05) is 0 Å². The van der Waals surface area contributed by atoms with Crippen molar-refractivity contribution in [3.8, 4) is 5.75 Å². The number of ether oxygens (including phenoxy) is 1. The molecule has 1 aromatic rings. The van der Waals surface area contributed by atoms with Crippen molar-refractivity contribution in [3.63, 3.8) is 0 Å². The summed E-state index contributed by atoms with van der Waals surface area (Å²) in [5.74, 6) is 0.213. The van der Waals surface area contributed by atoms with Crippen LogP contribution in [-0.4, -0.2) is 29.3 Å². The third-order valence-corrected chi connectivity index (χ3v) is 2.60. The van der Waals surface area contributed by atoms with E-state index in [1.165, 1.54) is 6.20 Å². The number of aromatic hydroxyl groups is 1. The van der Waals surface area contributed by atoms with E-state index in [4.69, 9.17) is 9.84 Å². The second-order valence-corrected chi connectivity index (χ2v) is 3.78. The minimum atomic E-state index is 0.213. The number of aromatic nitrogens is 1. The highest BCUT2D eigenvalue weighted by atomic mass is 16.5. The van der Waals surface area contributed by atoms with Crippen molar-refractivity contribution in [1.29, 1.82) is 0 Å². The summed E-state index contributed by atoms with van der Waals surface area (Å²) < 4.78 is 5.28. The van der Waals surface area contributed by atoms with Crippen molar-refractivity contribution < 1.29 is 9.84 Å². The maximum atomic E-state index is 9.07. The molecule has 2 rings (SSSR count). The molecule has 2 N–H and O–H groups in total. The van der Waals surface area contributed by atoms with Crippen LogP contribution in [0.3, 0.4) is 0 Å². The molecule has 0 spiro atoms. The average Bonchev–Trinajstić information content (AvgIpc) is 2.30. The Morgan fingerprint density at radius 3 is 2.87 bits per heavy atom. The topological polar surface area (TPSA) is 54.4 Å². The summed E-state index contributed by atoms with van der Waals surface area (Å²) in [6, 6.07) is 4.03. The number of nitrogens with zero attached hydrogens (tertiary/aromatic N) is 1. The van der Waals surface area contributed by atoms with Gasteiger partial charge in [0.05, 0.1) is 11.9 Å². The predicted octanol–water partition coefficient (Wildman–Crippen LogP) is 1.06. The maximum Gasteiger partial charge on any atom is 0.133 e. The van der Waals surface area contributed by atoms with Crippen molar-refractivity contribution in [2.24, 2.45) is 0 Å². The monoisotopic (exact) mass is 208 g/mol. The van der Waals surface area contributed by atoms with Crippen LogP contribution in [0.2, 0.25) is 0 Å². The Hall–Kier alpha value is -1.13. The predicted molar refractivity (Wildman–Crippen MR) is 56.6 cm³/mol. The summed E-state index contributed by atoms with van der Waals surface area (Å²) in [7, 11) is 0. The van der Waals surface area contributed by atoms with Crippen LogP contribution >= 0.6 is 0 Å². The maximum absolute atomic E-state index is 9.07. The number of hydrogen-bond acceptors (Lipinski definition) is 4. The van der Waals surface area contributed by atoms with Gasteiger partial charge in [-0.25, -0.2) is 0 Å². The molecule has 1 aromatic heterocycles. The van der Waals surface area contributed by atoms with Crippen molar-refractivity contribution in [2.75, 3.05) is 13.2 Å². The molecule has 0 radical (unpaired) electrons. The van der Waals surface area contributed by atoms with Crippen LogP contribution in [0.15, 0.2) is 18.3 Å². The van der Waals surface area contributed by atoms with Crippen molar-refractivity contribution >= 4 is 0 Å². The number of hydrogen-bond donors (Lipinski definition) is 2. The summed E-state index contributed by atoms with van der Waals surface area (Å²) in [6.07, 6.45) is 3.61. The lowest BCUT2D eigenvalue weighted by Gasteiger charge is -2.22. The summed E-state index contributed by atoms with van der Waals surface area (Å²) in [6.45, 7) is 2.45. The fourth-order valence-electron chi connectivity index (χ4n) is 1.67. The lowest BCUT2D eigenvalue weighted by Crippen LogP contribution is -2.34. The van der Waals surface area contributed by atoms with E-state index >= 15 is 0 Å². The quantitative estimate of drug-likeness (QED) is 0.779. The molecule has 0 aliphatic carbocycles. The lowest BCUT2D eigenvalue weighted by molar-refractivity contribution is 0.0775. The lowest BCUT2D eigenvalue weighted by atomic mass is 10.1. The second kappa shape index (κ2) is 5.09. The molecule has 0 amide bonds. The summed E-state index contributed by atoms with van der Waals surface area (Å²) in [4.78, 5) is 4.12. The van der Waals surface area contributed by atoms with Gasteiger partial charge in [0.2, 0.25) is 0 Å². The molecule has 1 aliphatic heterocycles. The van der Waals surface area contributed by atoms with Crippen LogP contribution in [0.4, 0.5) is 0 Å². The van der Waals surface area contributed by atoms with Gasteiger partial charge in [-0.2, -0.15) is 0 Å². The standard InChI is InChI=1S/C11H16N2O2/c14-11-2-1-10(13-8-11)7-12-9-3-5-15-6-4-9/h1-2,8-9,12,14H,3-7H2. The second-order valence-electron chi connectivity index (χ2n) is 3.78.